The molecule has 3 unspecified atom stereocenters. The Morgan fingerprint density at radius 3 is 2.81 bits per heavy atom. The minimum atomic E-state index is -1.31. The van der Waals surface area contributed by atoms with E-state index in [1.807, 2.05) is 13.2 Å². The molecule has 142 valence electrons. The first-order valence-corrected chi connectivity index (χ1v) is 9.15. The second-order valence-corrected chi connectivity index (χ2v) is 7.10. The Morgan fingerprint density at radius 1 is 1.58 bits per heavy atom. The van der Waals surface area contributed by atoms with Crippen molar-refractivity contribution in [3.63, 3.8) is 0 Å². The largest absolute Gasteiger partial charge is 0.448 e. The number of hydrogen-bond acceptors (Lipinski definition) is 8. The molecule has 5 atom stereocenters. The molecule has 1 saturated heterocycles. The number of nitrogens with one attached hydrogen (secondary N) is 1. The number of rotatable bonds is 5. The molecule has 2 heterocycles. The quantitative estimate of drug-likeness (QED) is 0.615. The molecule has 0 aromatic carbocycles. The van der Waals surface area contributed by atoms with Gasteiger partial charge < -0.3 is 19.7 Å². The lowest BCUT2D eigenvalue weighted by Gasteiger charge is -2.18. The van der Waals surface area contributed by atoms with Crippen molar-refractivity contribution in [3.05, 3.63) is 22.2 Å². The van der Waals surface area contributed by atoms with Crippen LogP contribution in [0, 0.1) is 12.3 Å². The van der Waals surface area contributed by atoms with Crippen molar-refractivity contribution in [1.29, 1.82) is 0 Å². The van der Waals surface area contributed by atoms with E-state index in [4.69, 9.17) is 15.9 Å². The van der Waals surface area contributed by atoms with Crippen LogP contribution in [-0.2, 0) is 9.47 Å². The molecule has 1 aromatic heterocycles. The molecular weight excluding hydrogens is 362 g/mol. The average molecular weight is 383 g/mol. The summed E-state index contributed by atoms with van der Waals surface area (Å²) >= 11 is 1.54. The number of anilines is 1. The fraction of sp³-hybridized carbons (Fsp3) is 0.562. The molecular formula is C16H21N3O6S. The van der Waals surface area contributed by atoms with Gasteiger partial charge in [-0.3, -0.25) is 9.88 Å². The maximum atomic E-state index is 12.3. The van der Waals surface area contributed by atoms with E-state index in [2.05, 4.69) is 16.2 Å². The van der Waals surface area contributed by atoms with Crippen molar-refractivity contribution < 1.29 is 24.5 Å². The van der Waals surface area contributed by atoms with Crippen molar-refractivity contribution in [2.75, 3.05) is 18.2 Å². The number of aliphatic hydroxyl groups excluding tert-OH is 2. The van der Waals surface area contributed by atoms with Gasteiger partial charge in [-0.1, -0.05) is 12.8 Å². The van der Waals surface area contributed by atoms with Crippen molar-refractivity contribution in [2.24, 2.45) is 0 Å². The minimum Gasteiger partial charge on any atom is -0.448 e. The highest BCUT2D eigenvalue weighted by Gasteiger charge is 2.42. The van der Waals surface area contributed by atoms with E-state index in [0.29, 0.717) is 0 Å². The van der Waals surface area contributed by atoms with E-state index in [1.54, 1.807) is 6.92 Å². The maximum absolute atomic E-state index is 12.3. The first-order chi connectivity index (χ1) is 12.3. The van der Waals surface area contributed by atoms with Gasteiger partial charge in [-0.25, -0.2) is 9.59 Å². The van der Waals surface area contributed by atoms with Crippen molar-refractivity contribution >= 4 is 23.7 Å². The Morgan fingerprint density at radius 2 is 2.27 bits per heavy atom. The van der Waals surface area contributed by atoms with Gasteiger partial charge in [0.15, 0.2) is 12.0 Å². The van der Waals surface area contributed by atoms with E-state index in [9.17, 15) is 19.8 Å². The first-order valence-electron chi connectivity index (χ1n) is 7.86. The summed E-state index contributed by atoms with van der Waals surface area (Å²) in [6, 6.07) is 0. The van der Waals surface area contributed by atoms with Gasteiger partial charge in [0.05, 0.1) is 11.7 Å². The predicted molar refractivity (Wildman–Crippen MR) is 96.0 cm³/mol. The molecule has 0 spiro atoms. The number of ether oxygens (including phenoxy) is 2. The van der Waals surface area contributed by atoms with E-state index in [0.717, 1.165) is 4.57 Å². The topological polar surface area (TPSA) is 123 Å². The second kappa shape index (κ2) is 8.55. The molecule has 1 fully saturated rings. The summed E-state index contributed by atoms with van der Waals surface area (Å²) in [5, 5.41) is 22.3. The molecule has 9 nitrogen and oxygen atoms in total. The molecule has 1 aliphatic heterocycles. The Balaban J connectivity index is 2.21. The Bertz CT molecular complexity index is 761. The lowest BCUT2D eigenvalue weighted by atomic mass is 10.1. The molecule has 1 aliphatic rings. The van der Waals surface area contributed by atoms with Crippen LogP contribution in [0.15, 0.2) is 11.0 Å². The number of terminal acetylenes is 1. The monoisotopic (exact) mass is 383 g/mol. The molecule has 0 saturated carbocycles. The van der Waals surface area contributed by atoms with Gasteiger partial charge >= 0.3 is 11.8 Å². The highest BCUT2D eigenvalue weighted by molar-refractivity contribution is 7.99. The Hall–Kier alpha value is -2.06. The number of thioether (sulfide) groups is 1. The van der Waals surface area contributed by atoms with Crippen LogP contribution in [0.1, 0.15) is 25.6 Å². The van der Waals surface area contributed by atoms with Crippen LogP contribution in [0.3, 0.4) is 0 Å². The summed E-state index contributed by atoms with van der Waals surface area (Å²) in [5.41, 5.74) is -0.702. The molecule has 1 amide bonds. The first kappa shape index (κ1) is 20.3. The molecule has 3 N–H and O–H groups in total. The lowest BCUT2D eigenvalue weighted by molar-refractivity contribution is -0.0350. The zero-order valence-corrected chi connectivity index (χ0v) is 15.4. The summed E-state index contributed by atoms with van der Waals surface area (Å²) in [5.74, 6) is 2.18. The number of amides is 1. The maximum Gasteiger partial charge on any atom is 0.412 e. The van der Waals surface area contributed by atoms with E-state index in [1.165, 1.54) is 18.0 Å². The Labute approximate surface area is 154 Å². The fourth-order valence-electron chi connectivity index (χ4n) is 2.30. The van der Waals surface area contributed by atoms with Crippen LogP contribution in [-0.4, -0.2) is 62.3 Å². The molecule has 26 heavy (non-hydrogen) atoms. The molecule has 0 radical (unpaired) electrons. The summed E-state index contributed by atoms with van der Waals surface area (Å²) in [6.07, 6.45) is 3.51. The summed E-state index contributed by atoms with van der Waals surface area (Å²) in [7, 11) is 0. The van der Waals surface area contributed by atoms with Crippen molar-refractivity contribution in [2.45, 2.75) is 43.6 Å². The highest BCUT2D eigenvalue weighted by Crippen LogP contribution is 2.28. The van der Waals surface area contributed by atoms with Crippen LogP contribution < -0.4 is 11.0 Å². The van der Waals surface area contributed by atoms with Gasteiger partial charge in [-0.05, 0) is 13.2 Å². The number of aromatic nitrogens is 2. The Kier molecular flexibility index (Phi) is 6.66. The SMILES string of the molecule is C#Cc1cn([C@@H]2O[C@H](C)C(O)C2O)c(=O)nc1NC(=O)OCC(C)SC. The lowest BCUT2D eigenvalue weighted by Crippen LogP contribution is -2.36. The van der Waals surface area contributed by atoms with Crippen LogP contribution in [0.25, 0.3) is 0 Å². The fourth-order valence-corrected chi connectivity index (χ4v) is 2.51. The molecule has 1 aromatic rings. The number of hydrogen-bond donors (Lipinski definition) is 3. The summed E-state index contributed by atoms with van der Waals surface area (Å²) in [6.45, 7) is 3.65. The van der Waals surface area contributed by atoms with Crippen LogP contribution in [0.2, 0.25) is 0 Å². The third-order valence-corrected chi connectivity index (χ3v) is 4.87. The minimum absolute atomic E-state index is 0.101. The van der Waals surface area contributed by atoms with E-state index >= 15 is 0 Å². The van der Waals surface area contributed by atoms with Crippen molar-refractivity contribution in [3.8, 4) is 12.3 Å². The van der Waals surface area contributed by atoms with Crippen molar-refractivity contribution in [1.82, 2.24) is 9.55 Å². The van der Waals surface area contributed by atoms with Crippen LogP contribution in [0.4, 0.5) is 10.6 Å². The van der Waals surface area contributed by atoms with E-state index < -0.39 is 36.3 Å². The van der Waals surface area contributed by atoms with E-state index in [-0.39, 0.29) is 23.2 Å². The van der Waals surface area contributed by atoms with Gasteiger partial charge in [0.2, 0.25) is 0 Å². The average Bonchev–Trinajstić information content (AvgIpc) is 2.87. The highest BCUT2D eigenvalue weighted by atomic mass is 32.2. The normalized spacial score (nSPS) is 26.2. The zero-order valence-electron chi connectivity index (χ0n) is 14.6. The molecule has 0 bridgehead atoms. The molecule has 10 heteroatoms. The molecule has 2 rings (SSSR count). The molecule has 0 aliphatic carbocycles. The number of carbonyl (C=O) groups is 1. The summed E-state index contributed by atoms with van der Waals surface area (Å²) in [4.78, 5) is 27.8. The standard InChI is InChI=1S/C16H21N3O6S/c1-5-10-6-19(14-12(21)11(20)9(3)25-14)15(22)17-13(10)18-16(23)24-7-8(2)26-4/h1,6,8-9,11-12,14,20-21H,7H2,2-4H3,(H,17,18,22,23)/t8?,9-,11?,12?,14-/m1/s1. The van der Waals surface area contributed by atoms with Crippen LogP contribution >= 0.6 is 11.8 Å². The van der Waals surface area contributed by atoms with Crippen LogP contribution in [0.5, 0.6) is 0 Å². The second-order valence-electron chi connectivity index (χ2n) is 5.82. The van der Waals surface area contributed by atoms with Gasteiger partial charge in [0.25, 0.3) is 0 Å². The number of carbonyl (C=O) groups excluding carboxylic acids is 1. The summed E-state index contributed by atoms with van der Waals surface area (Å²) < 4.78 is 11.4. The number of nitrogens with zero attached hydrogens (tertiary/aromatic N) is 2. The predicted octanol–water partition coefficient (Wildman–Crippen LogP) is 0.164. The van der Waals surface area contributed by atoms with Gasteiger partial charge in [0.1, 0.15) is 18.8 Å². The van der Waals surface area contributed by atoms with Gasteiger partial charge in [-0.2, -0.15) is 16.7 Å². The number of aliphatic hydroxyl groups is 2. The van der Waals surface area contributed by atoms with Gasteiger partial charge in [-0.15, -0.1) is 6.42 Å². The smallest absolute Gasteiger partial charge is 0.412 e. The van der Waals surface area contributed by atoms with Gasteiger partial charge in [0, 0.05) is 11.4 Å². The third kappa shape index (κ3) is 4.37. The zero-order chi connectivity index (χ0) is 19.4. The third-order valence-electron chi connectivity index (χ3n) is 3.93.